The van der Waals surface area contributed by atoms with Crippen molar-refractivity contribution in [3.63, 3.8) is 0 Å². The van der Waals surface area contributed by atoms with Crippen LogP contribution in [0.3, 0.4) is 0 Å². The summed E-state index contributed by atoms with van der Waals surface area (Å²) < 4.78 is 13.2. The number of guanidine groups is 1. The van der Waals surface area contributed by atoms with Crippen molar-refractivity contribution in [1.82, 2.24) is 15.6 Å². The van der Waals surface area contributed by atoms with Crippen LogP contribution < -0.4 is 10.6 Å². The van der Waals surface area contributed by atoms with Crippen molar-refractivity contribution >= 4 is 52.2 Å². The van der Waals surface area contributed by atoms with Gasteiger partial charge in [-0.1, -0.05) is 0 Å². The first-order valence-electron chi connectivity index (χ1n) is 7.90. The Morgan fingerprint density at radius 2 is 2.12 bits per heavy atom. The molecule has 0 spiro atoms. The van der Waals surface area contributed by atoms with Crippen LogP contribution in [0.1, 0.15) is 16.0 Å². The number of halogens is 2. The number of hydrogen-bond acceptors (Lipinski definition) is 2. The number of aromatic nitrogens is 1. The number of benzene rings is 1. The second kappa shape index (κ2) is 9.19. The Labute approximate surface area is 168 Å². The number of rotatable bonds is 5. The first kappa shape index (κ1) is 19.7. The van der Waals surface area contributed by atoms with Gasteiger partial charge in [-0.3, -0.25) is 4.99 Å². The van der Waals surface area contributed by atoms with Crippen molar-refractivity contribution in [3.05, 3.63) is 57.7 Å². The van der Waals surface area contributed by atoms with E-state index in [0.29, 0.717) is 0 Å². The largest absolute Gasteiger partial charge is 0.361 e. The molecule has 0 atom stereocenters. The molecule has 0 unspecified atom stereocenters. The normalized spacial score (nSPS) is 11.4. The molecule has 3 rings (SSSR count). The molecule has 0 saturated carbocycles. The average Bonchev–Trinajstić information content (AvgIpc) is 3.16. The smallest absolute Gasteiger partial charge is 0.191 e. The van der Waals surface area contributed by atoms with E-state index in [2.05, 4.69) is 39.0 Å². The lowest BCUT2D eigenvalue weighted by Gasteiger charge is -2.11. The van der Waals surface area contributed by atoms with E-state index in [0.717, 1.165) is 36.4 Å². The third-order valence-corrected chi connectivity index (χ3v) is 5.05. The number of aliphatic imine (C=N–C) groups is 1. The van der Waals surface area contributed by atoms with E-state index in [4.69, 9.17) is 0 Å². The Kier molecular flexibility index (Phi) is 7.24. The Hall–Kier alpha value is -1.61. The van der Waals surface area contributed by atoms with Crippen molar-refractivity contribution in [1.29, 1.82) is 0 Å². The van der Waals surface area contributed by atoms with Crippen molar-refractivity contribution in [3.8, 4) is 0 Å². The van der Waals surface area contributed by atoms with Gasteiger partial charge in [-0.05, 0) is 54.1 Å². The number of H-pyrrole nitrogens is 1. The number of hydrogen-bond donors (Lipinski definition) is 3. The zero-order valence-electron chi connectivity index (χ0n) is 14.2. The molecule has 0 saturated heterocycles. The fourth-order valence-corrected chi connectivity index (χ4v) is 3.50. The van der Waals surface area contributed by atoms with E-state index in [1.54, 1.807) is 18.4 Å². The Bertz CT molecular complexity index is 856. The first-order valence-corrected chi connectivity index (χ1v) is 8.78. The number of aromatic amines is 1. The molecule has 4 nitrogen and oxygen atoms in total. The Morgan fingerprint density at radius 1 is 1.28 bits per heavy atom. The highest BCUT2D eigenvalue weighted by molar-refractivity contribution is 14.0. The summed E-state index contributed by atoms with van der Waals surface area (Å²) in [5.41, 5.74) is 3.30. The van der Waals surface area contributed by atoms with E-state index < -0.39 is 0 Å². The van der Waals surface area contributed by atoms with Crippen molar-refractivity contribution in [2.75, 3.05) is 13.6 Å². The number of nitrogens with one attached hydrogen (secondary N) is 3. The van der Waals surface area contributed by atoms with Crippen molar-refractivity contribution in [2.24, 2.45) is 4.99 Å². The minimum absolute atomic E-state index is 0. The number of nitrogens with zero attached hydrogens (tertiary/aromatic N) is 1. The molecule has 0 fully saturated rings. The highest BCUT2D eigenvalue weighted by atomic mass is 127. The van der Waals surface area contributed by atoms with Gasteiger partial charge in [-0.25, -0.2) is 4.39 Å². The average molecular weight is 472 g/mol. The van der Waals surface area contributed by atoms with Gasteiger partial charge in [-0.15, -0.1) is 35.3 Å². The third kappa shape index (κ3) is 4.94. The summed E-state index contributed by atoms with van der Waals surface area (Å²) in [5, 5.41) is 9.82. The molecular formula is C18H22FIN4S. The minimum Gasteiger partial charge on any atom is -0.361 e. The van der Waals surface area contributed by atoms with Crippen LogP contribution in [0.4, 0.5) is 4.39 Å². The minimum atomic E-state index is -0.220. The standard InChI is InChI=1S/C18H21FN4S.HI/c1-12-6-8-24-17(12)11-23-18(20-2)21-7-5-13-10-22-16-9-14(19)3-4-15(13)16;/h3-4,6,8-10,22H,5,7,11H2,1-2H3,(H2,20,21,23);1H. The molecule has 3 N–H and O–H groups in total. The molecule has 0 amide bonds. The van der Waals surface area contributed by atoms with Crippen LogP contribution in [-0.4, -0.2) is 24.5 Å². The van der Waals surface area contributed by atoms with E-state index in [1.807, 2.05) is 12.3 Å². The van der Waals surface area contributed by atoms with Gasteiger partial charge in [0, 0.05) is 35.6 Å². The molecule has 0 aliphatic carbocycles. The van der Waals surface area contributed by atoms with Gasteiger partial charge in [0.25, 0.3) is 0 Å². The molecule has 0 aliphatic rings. The van der Waals surface area contributed by atoms with Crippen molar-refractivity contribution < 1.29 is 4.39 Å². The molecular weight excluding hydrogens is 450 g/mol. The summed E-state index contributed by atoms with van der Waals surface area (Å²) in [5.74, 6) is 0.566. The van der Waals surface area contributed by atoms with Gasteiger partial charge >= 0.3 is 0 Å². The van der Waals surface area contributed by atoms with Gasteiger partial charge in [0.05, 0.1) is 6.54 Å². The van der Waals surface area contributed by atoms with Crippen LogP contribution in [0.2, 0.25) is 0 Å². The fraction of sp³-hybridized carbons (Fsp3) is 0.278. The van der Waals surface area contributed by atoms with Crippen LogP contribution >= 0.6 is 35.3 Å². The maximum atomic E-state index is 13.2. The molecule has 2 heterocycles. The molecule has 0 bridgehead atoms. The maximum Gasteiger partial charge on any atom is 0.191 e. The van der Waals surface area contributed by atoms with Crippen LogP contribution in [0.15, 0.2) is 40.8 Å². The summed E-state index contributed by atoms with van der Waals surface area (Å²) in [6, 6.07) is 6.97. The van der Waals surface area contributed by atoms with E-state index >= 15 is 0 Å². The lowest BCUT2D eigenvalue weighted by Crippen LogP contribution is -2.37. The van der Waals surface area contributed by atoms with Crippen LogP contribution in [0, 0.1) is 12.7 Å². The SMILES string of the molecule is CN=C(NCCc1c[nH]c2cc(F)ccc12)NCc1sccc1C.I. The summed E-state index contributed by atoms with van der Waals surface area (Å²) in [7, 11) is 1.77. The molecule has 3 aromatic rings. The number of fused-ring (bicyclic) bond motifs is 1. The molecule has 1 aromatic carbocycles. The monoisotopic (exact) mass is 472 g/mol. The number of thiophene rings is 1. The predicted molar refractivity (Wildman–Crippen MR) is 115 cm³/mol. The molecule has 134 valence electrons. The molecule has 2 aromatic heterocycles. The second-order valence-corrected chi connectivity index (χ2v) is 6.63. The summed E-state index contributed by atoms with van der Waals surface area (Å²) in [6.45, 7) is 3.65. The quantitative estimate of drug-likeness (QED) is 0.296. The van der Waals surface area contributed by atoms with Gasteiger partial charge in [0.2, 0.25) is 0 Å². The topological polar surface area (TPSA) is 52.2 Å². The summed E-state index contributed by atoms with van der Waals surface area (Å²) >= 11 is 1.75. The molecule has 0 aliphatic heterocycles. The molecule has 7 heteroatoms. The lowest BCUT2D eigenvalue weighted by molar-refractivity contribution is 0.629. The Balaban J connectivity index is 0.00000225. The maximum absolute atomic E-state index is 13.2. The highest BCUT2D eigenvalue weighted by Gasteiger charge is 2.06. The zero-order valence-corrected chi connectivity index (χ0v) is 17.4. The molecule has 25 heavy (non-hydrogen) atoms. The fourth-order valence-electron chi connectivity index (χ4n) is 2.65. The van der Waals surface area contributed by atoms with Crippen LogP contribution in [-0.2, 0) is 13.0 Å². The van der Waals surface area contributed by atoms with Crippen LogP contribution in [0.5, 0.6) is 0 Å². The van der Waals surface area contributed by atoms with Gasteiger partial charge in [0.15, 0.2) is 5.96 Å². The highest BCUT2D eigenvalue weighted by Crippen LogP contribution is 2.19. The van der Waals surface area contributed by atoms with E-state index in [-0.39, 0.29) is 29.8 Å². The first-order chi connectivity index (χ1) is 11.7. The van der Waals surface area contributed by atoms with Crippen LogP contribution in [0.25, 0.3) is 10.9 Å². The van der Waals surface area contributed by atoms with Gasteiger partial charge in [-0.2, -0.15) is 0 Å². The summed E-state index contributed by atoms with van der Waals surface area (Å²) in [4.78, 5) is 8.69. The van der Waals surface area contributed by atoms with Crippen molar-refractivity contribution in [2.45, 2.75) is 19.9 Å². The van der Waals surface area contributed by atoms with Gasteiger partial charge in [0.1, 0.15) is 5.82 Å². The Morgan fingerprint density at radius 3 is 2.84 bits per heavy atom. The van der Waals surface area contributed by atoms with E-state index in [9.17, 15) is 4.39 Å². The van der Waals surface area contributed by atoms with Gasteiger partial charge < -0.3 is 15.6 Å². The number of aryl methyl sites for hydroxylation is 1. The lowest BCUT2D eigenvalue weighted by atomic mass is 10.1. The third-order valence-electron chi connectivity index (χ3n) is 4.02. The molecule has 0 radical (unpaired) electrons. The zero-order chi connectivity index (χ0) is 16.9. The summed E-state index contributed by atoms with van der Waals surface area (Å²) in [6.07, 6.45) is 2.78. The van der Waals surface area contributed by atoms with E-state index in [1.165, 1.54) is 28.1 Å². The predicted octanol–water partition coefficient (Wildman–Crippen LogP) is 4.20. The second-order valence-electron chi connectivity index (χ2n) is 5.63.